The zero-order valence-corrected chi connectivity index (χ0v) is 46.2. The predicted molar refractivity (Wildman–Crippen MR) is 278 cm³/mol. The molecule has 2 unspecified atom stereocenters. The number of nitrogens with zero attached hydrogens (tertiary/aromatic N) is 10. The Hall–Kier alpha value is -5.05. The number of aromatic nitrogens is 6. The van der Waals surface area contributed by atoms with E-state index in [1.807, 2.05) is 38.4 Å². The molecule has 20 nitrogen and oxygen atoms in total. The summed E-state index contributed by atoms with van der Waals surface area (Å²) in [7, 11) is -7.26. The molecule has 4 saturated heterocycles. The second-order valence-corrected chi connectivity index (χ2v) is 26.1. The maximum absolute atomic E-state index is 14.1. The van der Waals surface area contributed by atoms with Crippen LogP contribution in [0, 0.1) is 25.7 Å². The van der Waals surface area contributed by atoms with E-state index in [0.29, 0.717) is 46.3 Å². The summed E-state index contributed by atoms with van der Waals surface area (Å²) in [5.74, 6) is 2.26. The van der Waals surface area contributed by atoms with Gasteiger partial charge in [-0.2, -0.15) is 0 Å². The van der Waals surface area contributed by atoms with E-state index in [9.17, 15) is 26.4 Å². The fraction of sp³-hybridized carbons (Fsp3) is 0.458. The Morgan fingerprint density at radius 3 is 1.44 bits per heavy atom. The van der Waals surface area contributed by atoms with Crippen LogP contribution in [0.4, 0.5) is 23.0 Å². The molecule has 4 aromatic heterocycles. The molecule has 10 rings (SSSR count). The third-order valence-electron chi connectivity index (χ3n) is 13.9. The van der Waals surface area contributed by atoms with Crippen LogP contribution in [0.25, 0.3) is 11.3 Å². The van der Waals surface area contributed by atoms with Gasteiger partial charge in [0.2, 0.25) is 20.0 Å². The number of hydrogen-bond acceptors (Lipinski definition) is 14. The summed E-state index contributed by atoms with van der Waals surface area (Å²) in [6.45, 7) is 10.5. The van der Waals surface area contributed by atoms with Gasteiger partial charge in [0.1, 0.15) is 0 Å². The molecular formula is C48H58Cl2IN14O6S2-. The molecule has 0 spiro atoms. The van der Waals surface area contributed by atoms with Crippen molar-refractivity contribution in [2.45, 2.75) is 64.5 Å². The number of nitrogens with one attached hydrogen (secondary N) is 4. The van der Waals surface area contributed by atoms with Gasteiger partial charge in [-0.1, -0.05) is 23.2 Å². The summed E-state index contributed by atoms with van der Waals surface area (Å²) in [6.07, 6.45) is 11.0. The molecule has 8 heterocycles. The predicted octanol–water partition coefficient (Wildman–Crippen LogP) is 2.84. The van der Waals surface area contributed by atoms with Gasteiger partial charge in [0.15, 0.2) is 0 Å². The molecule has 2 aromatic carbocycles. The molecule has 0 bridgehead atoms. The summed E-state index contributed by atoms with van der Waals surface area (Å²) in [4.78, 5) is 46.3. The van der Waals surface area contributed by atoms with Crippen LogP contribution in [0.2, 0.25) is 10.0 Å². The summed E-state index contributed by atoms with van der Waals surface area (Å²) in [5.41, 5.74) is 5.70. The quantitative estimate of drug-likeness (QED) is 0.0622. The van der Waals surface area contributed by atoms with Crippen molar-refractivity contribution in [2.24, 2.45) is 11.8 Å². The van der Waals surface area contributed by atoms with E-state index in [2.05, 4.69) is 26.3 Å². The van der Waals surface area contributed by atoms with Crippen molar-refractivity contribution in [3.63, 3.8) is 0 Å². The van der Waals surface area contributed by atoms with Gasteiger partial charge in [-0.25, -0.2) is 16.8 Å². The number of hydrogen-bond donors (Lipinski definition) is 4. The number of halogens is 3. The van der Waals surface area contributed by atoms with Crippen LogP contribution in [0.1, 0.15) is 93.8 Å². The number of benzene rings is 2. The van der Waals surface area contributed by atoms with Gasteiger partial charge in [0, 0.05) is 23.1 Å². The topological polar surface area (TPSA) is 224 Å². The van der Waals surface area contributed by atoms with Crippen molar-refractivity contribution < 1.29 is 48.2 Å². The molecule has 6 aromatic rings. The van der Waals surface area contributed by atoms with Gasteiger partial charge >= 0.3 is 237 Å². The molecule has 2 amide bonds. The molecular weight excluding hydrogens is 1130 g/mol. The van der Waals surface area contributed by atoms with Crippen LogP contribution in [0.3, 0.4) is 0 Å². The van der Waals surface area contributed by atoms with Gasteiger partial charge in [0.25, 0.3) is 11.8 Å². The van der Waals surface area contributed by atoms with E-state index >= 15 is 0 Å². The zero-order chi connectivity index (χ0) is 51.3. The molecule has 390 valence electrons. The summed E-state index contributed by atoms with van der Waals surface area (Å²) in [5, 5.41) is 10.5. The van der Waals surface area contributed by atoms with Crippen LogP contribution in [-0.4, -0.2) is 133 Å². The Balaban J connectivity index is 0.692. The number of anilines is 4. The van der Waals surface area contributed by atoms with Crippen molar-refractivity contribution >= 4 is 89.4 Å². The van der Waals surface area contributed by atoms with Gasteiger partial charge in [0.05, 0.1) is 35.0 Å². The second-order valence-electron chi connectivity index (χ2n) is 19.7. The molecule has 0 aliphatic carbocycles. The zero-order valence-electron chi connectivity index (χ0n) is 40.9. The number of carbonyl (C=O) groups is 2. The van der Waals surface area contributed by atoms with Gasteiger partial charge in [-0.05, 0) is 62.1 Å². The Kier molecular flexibility index (Phi) is 14.7. The maximum atomic E-state index is 14.1. The number of sulfonamides is 2. The SMILES string of the molecule is Cc1cn2nc(C3CCCCN3C(=O)c3cc(Cl)ccc3NS(C)(=O)=O)cc2nc1N1CC(CN[I-]NCC2CN(c3nc4cc(C5CCCCN5C(=O)c5cc(Cl)ccc5NS(C)(=O)=O)nn4cc3C)C2)C1. The molecule has 4 aliphatic heterocycles. The Morgan fingerprint density at radius 2 is 1.04 bits per heavy atom. The standard InChI is InChI=1S/C48H58Cl2IN14O6S2/c1-29-23-64-43(19-39(56-64)41-9-5-7-15-62(41)47(66)35-17-33(49)11-13-37(35)58-72(3,68)69)54-45(29)60-25-31(26-60)21-52-51-53-22-32-27-61(28-32)46-30(2)24-65-44(55-46)20-40(57-65)42-10-6-8-16-63(42)48(67)36-18-34(50)12-14-38(36)59-73(4,70)71/h11-14,17-20,23-24,31-32,41-42,52-53,58-59H,5-10,15-16,21-22,25-28H2,1-4H3/q-1. The first-order valence-corrected chi connectivity index (χ1v) is 31.0. The normalized spacial score (nSPS) is 19.2. The average molecular weight is 1190 g/mol. The van der Waals surface area contributed by atoms with E-state index in [1.165, 1.54) is 24.3 Å². The fourth-order valence-electron chi connectivity index (χ4n) is 10.3. The van der Waals surface area contributed by atoms with E-state index in [-0.39, 0.29) is 68.2 Å². The van der Waals surface area contributed by atoms with E-state index < -0.39 is 20.0 Å². The molecule has 73 heavy (non-hydrogen) atoms. The minimum absolute atomic E-state index is 0.190. The van der Waals surface area contributed by atoms with Crippen molar-refractivity contribution in [3.8, 4) is 0 Å². The third kappa shape index (κ3) is 11.5. The van der Waals surface area contributed by atoms with E-state index in [1.54, 1.807) is 31.0 Å². The summed E-state index contributed by atoms with van der Waals surface area (Å²) < 4.78 is 64.4. The Bertz CT molecular complexity index is 3110. The molecule has 0 saturated carbocycles. The molecule has 4 aliphatic rings. The van der Waals surface area contributed by atoms with Crippen LogP contribution in [0.15, 0.2) is 60.9 Å². The Labute approximate surface area is 445 Å². The first kappa shape index (κ1) is 51.4. The van der Waals surface area contributed by atoms with Crippen molar-refractivity contribution in [1.29, 1.82) is 0 Å². The summed E-state index contributed by atoms with van der Waals surface area (Å²) in [6, 6.07) is 12.5. The van der Waals surface area contributed by atoms with E-state index in [0.717, 1.165) is 124 Å². The summed E-state index contributed by atoms with van der Waals surface area (Å²) >= 11 is 12.2. The number of piperidine rings is 2. The number of carbonyl (C=O) groups excluding carboxylic acids is 2. The number of rotatable bonds is 16. The van der Waals surface area contributed by atoms with Crippen molar-refractivity contribution in [1.82, 2.24) is 46.1 Å². The first-order valence-electron chi connectivity index (χ1n) is 24.3. The number of likely N-dealkylation sites (tertiary alicyclic amines) is 2. The molecule has 4 fully saturated rings. The van der Waals surface area contributed by atoms with Crippen LogP contribution in [-0.2, 0) is 20.0 Å². The minimum atomic E-state index is -3.63. The fourth-order valence-corrected chi connectivity index (χ4v) is 13.8. The molecule has 0 radical (unpaired) electrons. The second kappa shape index (κ2) is 20.9. The van der Waals surface area contributed by atoms with Gasteiger partial charge in [-0.3, -0.25) is 19.0 Å². The van der Waals surface area contributed by atoms with Gasteiger partial charge in [-0.15, -0.1) is 0 Å². The number of aryl methyl sites for hydroxylation is 2. The van der Waals surface area contributed by atoms with Gasteiger partial charge < -0.3 is 0 Å². The Morgan fingerprint density at radius 1 is 0.630 bits per heavy atom. The molecule has 25 heteroatoms. The first-order chi connectivity index (χ1) is 34.8. The van der Waals surface area contributed by atoms with Crippen molar-refractivity contribution in [2.75, 3.05) is 84.1 Å². The average Bonchev–Trinajstić information content (AvgIpc) is 3.93. The number of amides is 2. The number of fused-ring (bicyclic) bond motifs is 2. The van der Waals surface area contributed by atoms with Crippen LogP contribution in [0.5, 0.6) is 0 Å². The van der Waals surface area contributed by atoms with Crippen LogP contribution < -0.4 is 48.1 Å². The monoisotopic (exact) mass is 1190 g/mol. The van der Waals surface area contributed by atoms with Crippen LogP contribution >= 0.6 is 23.2 Å². The van der Waals surface area contributed by atoms with E-state index in [4.69, 9.17) is 43.4 Å². The molecule has 2 atom stereocenters. The van der Waals surface area contributed by atoms with Crippen molar-refractivity contribution in [3.05, 3.63) is 105 Å². The third-order valence-corrected chi connectivity index (χ3v) is 17.1. The molecule has 4 N–H and O–H groups in total.